The molecule has 0 saturated carbocycles. The number of fused-ring (bicyclic) bond motifs is 1. The molecule has 0 spiro atoms. The third-order valence-corrected chi connectivity index (χ3v) is 8.25. The second-order valence-corrected chi connectivity index (χ2v) is 10.8. The van der Waals surface area contributed by atoms with Crippen LogP contribution in [0.1, 0.15) is 42.6 Å². The molecule has 2 aliphatic rings. The zero-order valence-electron chi connectivity index (χ0n) is 20.4. The average Bonchev–Trinajstić information content (AvgIpc) is 2.85. The van der Waals surface area contributed by atoms with Crippen LogP contribution in [0.4, 0.5) is 11.4 Å². The van der Waals surface area contributed by atoms with Crippen LogP contribution >= 0.6 is 0 Å². The summed E-state index contributed by atoms with van der Waals surface area (Å²) in [5.41, 5.74) is 1.79. The van der Waals surface area contributed by atoms with Gasteiger partial charge in [0.1, 0.15) is 5.75 Å². The first-order valence-electron chi connectivity index (χ1n) is 11.8. The van der Waals surface area contributed by atoms with Crippen molar-refractivity contribution < 1.29 is 32.3 Å². The number of amides is 2. The Labute approximate surface area is 210 Å². The number of piperidine rings is 1. The van der Waals surface area contributed by atoms with E-state index in [1.54, 1.807) is 51.1 Å². The number of hydrogen-bond donors (Lipinski definition) is 2. The SMILES string of the molecule is CCOC(=O)c1ccc(NC(=O)[C@@H]2CCCN(S(=O)(=O)c3cc4c(cc3C)NC(=O)[C@H](C)O4)C2)cc1. The molecule has 0 aromatic heterocycles. The number of anilines is 2. The van der Waals surface area contributed by atoms with Crippen molar-refractivity contribution in [2.75, 3.05) is 30.3 Å². The van der Waals surface area contributed by atoms with E-state index in [0.717, 1.165) is 0 Å². The van der Waals surface area contributed by atoms with Gasteiger partial charge < -0.3 is 20.1 Å². The third-order valence-electron chi connectivity index (χ3n) is 6.24. The van der Waals surface area contributed by atoms with Crippen LogP contribution < -0.4 is 15.4 Å². The highest BCUT2D eigenvalue weighted by Crippen LogP contribution is 2.36. The molecule has 1 fully saturated rings. The molecule has 2 amide bonds. The summed E-state index contributed by atoms with van der Waals surface area (Å²) < 4.78 is 38.9. The lowest BCUT2D eigenvalue weighted by atomic mass is 9.98. The first-order valence-corrected chi connectivity index (χ1v) is 13.2. The van der Waals surface area contributed by atoms with E-state index in [4.69, 9.17) is 9.47 Å². The van der Waals surface area contributed by atoms with E-state index in [-0.39, 0.29) is 29.9 Å². The van der Waals surface area contributed by atoms with Crippen LogP contribution in [0.3, 0.4) is 0 Å². The lowest BCUT2D eigenvalue weighted by molar-refractivity contribution is -0.123. The predicted molar refractivity (Wildman–Crippen MR) is 132 cm³/mol. The Morgan fingerprint density at radius 1 is 1.22 bits per heavy atom. The number of ether oxygens (including phenoxy) is 2. The highest BCUT2D eigenvalue weighted by molar-refractivity contribution is 7.89. The molecule has 2 heterocycles. The Bertz CT molecular complexity index is 1290. The predicted octanol–water partition coefficient (Wildman–Crippen LogP) is 2.93. The van der Waals surface area contributed by atoms with Gasteiger partial charge in [-0.3, -0.25) is 9.59 Å². The van der Waals surface area contributed by atoms with Crippen molar-refractivity contribution in [2.24, 2.45) is 5.92 Å². The lowest BCUT2D eigenvalue weighted by Gasteiger charge is -2.32. The molecule has 4 rings (SSSR count). The van der Waals surface area contributed by atoms with Crippen molar-refractivity contribution in [2.45, 2.75) is 44.6 Å². The van der Waals surface area contributed by atoms with Gasteiger partial charge in [0.05, 0.1) is 28.7 Å². The first kappa shape index (κ1) is 25.6. The largest absolute Gasteiger partial charge is 0.479 e. The minimum atomic E-state index is -3.91. The number of rotatable bonds is 6. The van der Waals surface area contributed by atoms with E-state index >= 15 is 0 Å². The van der Waals surface area contributed by atoms with Gasteiger partial charge in [0.25, 0.3) is 5.91 Å². The maximum absolute atomic E-state index is 13.5. The molecular weight excluding hydrogens is 486 g/mol. The van der Waals surface area contributed by atoms with Gasteiger partial charge in [0, 0.05) is 24.8 Å². The fourth-order valence-electron chi connectivity index (χ4n) is 4.28. The van der Waals surface area contributed by atoms with Crippen LogP contribution in [-0.2, 0) is 24.3 Å². The molecule has 0 bridgehead atoms. The molecule has 2 aromatic rings. The van der Waals surface area contributed by atoms with E-state index in [2.05, 4.69) is 10.6 Å². The van der Waals surface area contributed by atoms with Gasteiger partial charge in [-0.25, -0.2) is 13.2 Å². The second kappa shape index (κ2) is 10.3. The van der Waals surface area contributed by atoms with Crippen molar-refractivity contribution >= 4 is 39.2 Å². The smallest absolute Gasteiger partial charge is 0.338 e. The summed E-state index contributed by atoms with van der Waals surface area (Å²) >= 11 is 0. The molecule has 36 heavy (non-hydrogen) atoms. The van der Waals surface area contributed by atoms with Crippen LogP contribution in [0.2, 0.25) is 0 Å². The Morgan fingerprint density at radius 2 is 1.94 bits per heavy atom. The number of nitrogens with one attached hydrogen (secondary N) is 2. The highest BCUT2D eigenvalue weighted by atomic mass is 32.2. The molecule has 0 radical (unpaired) electrons. The zero-order chi connectivity index (χ0) is 26.0. The molecule has 2 atom stereocenters. The minimum absolute atomic E-state index is 0.0413. The van der Waals surface area contributed by atoms with E-state index in [1.807, 2.05) is 0 Å². The molecule has 192 valence electrons. The van der Waals surface area contributed by atoms with Crippen molar-refractivity contribution in [3.8, 4) is 5.75 Å². The lowest BCUT2D eigenvalue weighted by Crippen LogP contribution is -2.44. The molecule has 0 aliphatic carbocycles. The van der Waals surface area contributed by atoms with Crippen LogP contribution in [0.5, 0.6) is 5.75 Å². The summed E-state index contributed by atoms with van der Waals surface area (Å²) in [5, 5.41) is 5.53. The fraction of sp³-hybridized carbons (Fsp3) is 0.400. The van der Waals surface area contributed by atoms with E-state index in [9.17, 15) is 22.8 Å². The molecule has 11 heteroatoms. The van der Waals surface area contributed by atoms with Crippen LogP contribution in [-0.4, -0.2) is 56.3 Å². The third kappa shape index (κ3) is 5.21. The quantitative estimate of drug-likeness (QED) is 0.566. The maximum atomic E-state index is 13.5. The number of carbonyl (C=O) groups is 3. The monoisotopic (exact) mass is 515 g/mol. The van der Waals surface area contributed by atoms with Crippen molar-refractivity contribution in [1.82, 2.24) is 4.31 Å². The van der Waals surface area contributed by atoms with E-state index in [0.29, 0.717) is 47.6 Å². The molecule has 1 saturated heterocycles. The molecule has 0 unspecified atom stereocenters. The van der Waals surface area contributed by atoms with Crippen molar-refractivity contribution in [3.05, 3.63) is 47.5 Å². The Hall–Kier alpha value is -3.44. The number of sulfonamides is 1. The normalized spacial score (nSPS) is 20.0. The number of hydrogen-bond acceptors (Lipinski definition) is 7. The summed E-state index contributed by atoms with van der Waals surface area (Å²) in [7, 11) is -3.91. The second-order valence-electron chi connectivity index (χ2n) is 8.85. The van der Waals surface area contributed by atoms with Crippen molar-refractivity contribution in [3.63, 3.8) is 0 Å². The van der Waals surface area contributed by atoms with E-state index < -0.39 is 28.0 Å². The van der Waals surface area contributed by atoms with Gasteiger partial charge in [-0.05, 0) is 69.5 Å². The minimum Gasteiger partial charge on any atom is -0.479 e. The summed E-state index contributed by atoms with van der Waals surface area (Å²) in [6, 6.07) is 9.37. The van der Waals surface area contributed by atoms with Crippen molar-refractivity contribution in [1.29, 1.82) is 0 Å². The van der Waals surface area contributed by atoms with Gasteiger partial charge in [-0.2, -0.15) is 4.31 Å². The first-order chi connectivity index (χ1) is 17.1. The summed E-state index contributed by atoms with van der Waals surface area (Å²) in [4.78, 5) is 36.7. The van der Waals surface area contributed by atoms with Gasteiger partial charge in [0.15, 0.2) is 6.10 Å². The topological polar surface area (TPSA) is 131 Å². The van der Waals surface area contributed by atoms with Crippen LogP contribution in [0.15, 0.2) is 41.3 Å². The Kier molecular flexibility index (Phi) is 7.32. The summed E-state index contributed by atoms with van der Waals surface area (Å²) in [5.74, 6) is -1.27. The zero-order valence-corrected chi connectivity index (χ0v) is 21.2. The number of aryl methyl sites for hydroxylation is 1. The van der Waals surface area contributed by atoms with Gasteiger partial charge in [-0.1, -0.05) is 0 Å². The Balaban J connectivity index is 1.47. The molecular formula is C25H29N3O7S. The fourth-order valence-corrected chi connectivity index (χ4v) is 6.03. The summed E-state index contributed by atoms with van der Waals surface area (Å²) in [6.45, 7) is 5.58. The van der Waals surface area contributed by atoms with Gasteiger partial charge in [-0.15, -0.1) is 0 Å². The number of carbonyl (C=O) groups excluding carboxylic acids is 3. The van der Waals surface area contributed by atoms with Gasteiger partial charge >= 0.3 is 5.97 Å². The average molecular weight is 516 g/mol. The van der Waals surface area contributed by atoms with Gasteiger partial charge in [0.2, 0.25) is 15.9 Å². The molecule has 2 N–H and O–H groups in total. The number of benzene rings is 2. The number of nitrogens with zero attached hydrogens (tertiary/aromatic N) is 1. The number of esters is 1. The van der Waals surface area contributed by atoms with Crippen LogP contribution in [0.25, 0.3) is 0 Å². The standard InChI is InChI=1S/C25H29N3O7S/c1-4-34-25(31)17-7-9-19(10-8-17)26-24(30)18-6-5-11-28(14-18)36(32,33)22-13-21-20(12-15(22)2)27-23(29)16(3)35-21/h7-10,12-13,16,18H,4-6,11,14H2,1-3H3,(H,26,30)(H,27,29)/t16-,18+/m0/s1. The molecule has 10 nitrogen and oxygen atoms in total. The Morgan fingerprint density at radius 3 is 2.64 bits per heavy atom. The highest BCUT2D eigenvalue weighted by Gasteiger charge is 2.35. The molecule has 2 aromatic carbocycles. The molecule has 2 aliphatic heterocycles. The summed E-state index contributed by atoms with van der Waals surface area (Å²) in [6.07, 6.45) is 0.353. The van der Waals surface area contributed by atoms with E-state index in [1.165, 1.54) is 10.4 Å². The maximum Gasteiger partial charge on any atom is 0.338 e. The van der Waals surface area contributed by atoms with Crippen LogP contribution in [0, 0.1) is 12.8 Å².